The smallest absolute Gasteiger partial charge is 0.244 e. The third-order valence-electron chi connectivity index (χ3n) is 7.34. The summed E-state index contributed by atoms with van der Waals surface area (Å²) in [6.07, 6.45) is 5.17. The lowest BCUT2D eigenvalue weighted by Gasteiger charge is -2.33. The molecule has 38 heavy (non-hydrogen) atoms. The second-order valence-electron chi connectivity index (χ2n) is 9.91. The largest absolute Gasteiger partial charge is 0.454 e. The van der Waals surface area contributed by atoms with Crippen LogP contribution in [0.2, 0.25) is 0 Å². The lowest BCUT2D eigenvalue weighted by Crippen LogP contribution is -2.53. The van der Waals surface area contributed by atoms with Gasteiger partial charge in [0.15, 0.2) is 11.5 Å². The summed E-state index contributed by atoms with van der Waals surface area (Å²) in [6.45, 7) is 4.98. The number of sulfonamides is 1. The van der Waals surface area contributed by atoms with Crippen molar-refractivity contribution >= 4 is 27.5 Å². The molecular formula is C28H37N3O6S. The van der Waals surface area contributed by atoms with Gasteiger partial charge >= 0.3 is 0 Å². The first-order valence-electron chi connectivity index (χ1n) is 13.2. The Kier molecular flexibility index (Phi) is 8.81. The van der Waals surface area contributed by atoms with E-state index in [4.69, 9.17) is 9.47 Å². The molecule has 0 radical (unpaired) electrons. The zero-order valence-corrected chi connectivity index (χ0v) is 23.1. The number of aryl methyl sites for hydroxylation is 1. The Morgan fingerprint density at radius 1 is 1.05 bits per heavy atom. The number of nitrogens with zero attached hydrogens (tertiary/aromatic N) is 2. The fourth-order valence-corrected chi connectivity index (χ4v) is 5.94. The van der Waals surface area contributed by atoms with E-state index >= 15 is 0 Å². The molecule has 1 heterocycles. The van der Waals surface area contributed by atoms with Crippen LogP contribution >= 0.6 is 0 Å². The maximum atomic E-state index is 13.9. The third-order valence-corrected chi connectivity index (χ3v) is 9.09. The van der Waals surface area contributed by atoms with Crippen molar-refractivity contribution in [3.8, 4) is 11.5 Å². The molecule has 0 aromatic heterocycles. The first kappa shape index (κ1) is 27.8. The molecule has 206 valence electrons. The van der Waals surface area contributed by atoms with Crippen LogP contribution in [0.25, 0.3) is 0 Å². The van der Waals surface area contributed by atoms with Crippen LogP contribution in [0.15, 0.2) is 42.5 Å². The molecule has 0 unspecified atom stereocenters. The minimum atomic E-state index is -3.82. The van der Waals surface area contributed by atoms with E-state index in [1.54, 1.807) is 25.1 Å². The first-order chi connectivity index (χ1) is 18.2. The number of carbonyl (C=O) groups is 2. The van der Waals surface area contributed by atoms with Crippen molar-refractivity contribution in [1.29, 1.82) is 0 Å². The maximum Gasteiger partial charge on any atom is 0.244 e. The van der Waals surface area contributed by atoms with Crippen molar-refractivity contribution in [2.24, 2.45) is 0 Å². The number of hydrogen-bond acceptors (Lipinski definition) is 6. The molecular weight excluding hydrogens is 506 g/mol. The Labute approximate surface area is 225 Å². The second-order valence-corrected chi connectivity index (χ2v) is 12.1. The third kappa shape index (κ3) is 6.40. The summed E-state index contributed by atoms with van der Waals surface area (Å²) in [5.74, 6) is 0.0527. The Morgan fingerprint density at radius 2 is 1.76 bits per heavy atom. The highest BCUT2D eigenvalue weighted by molar-refractivity contribution is 7.92. The molecule has 2 aromatic rings. The van der Waals surface area contributed by atoms with Crippen LogP contribution in [0.3, 0.4) is 0 Å². The second kappa shape index (κ2) is 12.1. The normalized spacial score (nSPS) is 16.1. The molecule has 2 aliphatic rings. The van der Waals surface area contributed by atoms with Crippen LogP contribution in [-0.2, 0) is 26.2 Å². The average Bonchev–Trinajstić information content (AvgIpc) is 3.39. The molecule has 9 nitrogen and oxygen atoms in total. The predicted octanol–water partition coefficient (Wildman–Crippen LogP) is 3.75. The van der Waals surface area contributed by atoms with Crippen molar-refractivity contribution in [2.45, 2.75) is 71.5 Å². The zero-order valence-electron chi connectivity index (χ0n) is 22.3. The summed E-state index contributed by atoms with van der Waals surface area (Å²) in [4.78, 5) is 28.6. The van der Waals surface area contributed by atoms with E-state index in [-0.39, 0.29) is 31.0 Å². The van der Waals surface area contributed by atoms with Crippen molar-refractivity contribution in [2.75, 3.05) is 23.4 Å². The quantitative estimate of drug-likeness (QED) is 0.490. The molecule has 2 amide bonds. The van der Waals surface area contributed by atoms with E-state index in [1.165, 1.54) is 18.2 Å². The number of hydrogen-bond donors (Lipinski definition) is 1. The maximum absolute atomic E-state index is 13.9. The van der Waals surface area contributed by atoms with E-state index in [0.29, 0.717) is 17.2 Å². The lowest BCUT2D eigenvalue weighted by molar-refractivity contribution is -0.139. The summed E-state index contributed by atoms with van der Waals surface area (Å²) < 4.78 is 38.2. The zero-order chi connectivity index (χ0) is 27.3. The lowest BCUT2D eigenvalue weighted by atomic mass is 9.95. The molecule has 2 aromatic carbocycles. The summed E-state index contributed by atoms with van der Waals surface area (Å²) in [6, 6.07) is 11.8. The highest BCUT2D eigenvalue weighted by Crippen LogP contribution is 2.36. The molecule has 1 N–H and O–H groups in total. The average molecular weight is 544 g/mol. The van der Waals surface area contributed by atoms with Crippen LogP contribution in [0, 0.1) is 6.92 Å². The molecule has 1 aliphatic heterocycles. The first-order valence-corrected chi connectivity index (χ1v) is 14.8. The summed E-state index contributed by atoms with van der Waals surface area (Å²) in [5, 5.41) is 3.11. The topological polar surface area (TPSA) is 105 Å². The van der Waals surface area contributed by atoms with Crippen molar-refractivity contribution in [3.05, 3.63) is 53.6 Å². The predicted molar refractivity (Wildman–Crippen MR) is 146 cm³/mol. The molecule has 4 rings (SSSR count). The SMILES string of the molecule is CCS(=O)(=O)N(CC(=O)N(Cc1ccccc1C)[C@@H](C)C(=O)NC1CCCCC1)c1ccc2c(c1)OCO2. The van der Waals surface area contributed by atoms with Gasteiger partial charge in [0.25, 0.3) is 0 Å². The van der Waals surface area contributed by atoms with Gasteiger partial charge in [-0.25, -0.2) is 8.42 Å². The molecule has 1 fully saturated rings. The fraction of sp³-hybridized carbons (Fsp3) is 0.500. The number of rotatable bonds is 10. The number of carbonyl (C=O) groups excluding carboxylic acids is 2. The highest BCUT2D eigenvalue weighted by Gasteiger charge is 2.32. The number of fused-ring (bicyclic) bond motifs is 1. The van der Waals surface area contributed by atoms with Crippen LogP contribution in [-0.4, -0.2) is 56.3 Å². The molecule has 1 aliphatic carbocycles. The Morgan fingerprint density at radius 3 is 2.47 bits per heavy atom. The van der Waals surface area contributed by atoms with Crippen LogP contribution in [0.1, 0.15) is 57.1 Å². The molecule has 10 heteroatoms. The fourth-order valence-electron chi connectivity index (χ4n) is 4.88. The van der Waals surface area contributed by atoms with Gasteiger partial charge in [-0.2, -0.15) is 0 Å². The molecule has 1 saturated carbocycles. The van der Waals surface area contributed by atoms with Gasteiger partial charge in [-0.1, -0.05) is 43.5 Å². The van der Waals surface area contributed by atoms with Gasteiger partial charge in [-0.05, 0) is 56.9 Å². The number of amides is 2. The standard InChI is InChI=1S/C28H37N3O6S/c1-4-38(34,35)31(24-14-15-25-26(16-24)37-19-36-25)18-27(32)30(17-22-11-9-8-10-20(22)2)21(3)28(33)29-23-12-6-5-7-13-23/h8-11,14-16,21,23H,4-7,12-13,17-19H2,1-3H3,(H,29,33)/t21-/m0/s1. The Hall–Kier alpha value is -3.27. The van der Waals surface area contributed by atoms with E-state index in [0.717, 1.165) is 41.1 Å². The van der Waals surface area contributed by atoms with Gasteiger partial charge in [0.2, 0.25) is 28.6 Å². The van der Waals surface area contributed by atoms with Gasteiger partial charge in [-0.3, -0.25) is 13.9 Å². The Balaban J connectivity index is 1.61. The molecule has 0 bridgehead atoms. The van der Waals surface area contributed by atoms with Crippen molar-refractivity contribution < 1.29 is 27.5 Å². The molecule has 1 atom stereocenters. The van der Waals surface area contributed by atoms with Crippen LogP contribution < -0.4 is 19.1 Å². The van der Waals surface area contributed by atoms with Crippen molar-refractivity contribution in [3.63, 3.8) is 0 Å². The van der Waals surface area contributed by atoms with Crippen LogP contribution in [0.5, 0.6) is 11.5 Å². The summed E-state index contributed by atoms with van der Waals surface area (Å²) in [7, 11) is -3.82. The van der Waals surface area contributed by atoms with Crippen molar-refractivity contribution in [1.82, 2.24) is 10.2 Å². The summed E-state index contributed by atoms with van der Waals surface area (Å²) >= 11 is 0. The summed E-state index contributed by atoms with van der Waals surface area (Å²) in [5.41, 5.74) is 2.18. The van der Waals surface area contributed by atoms with Gasteiger partial charge in [0, 0.05) is 18.7 Å². The number of nitrogens with one attached hydrogen (secondary N) is 1. The highest BCUT2D eigenvalue weighted by atomic mass is 32.2. The van der Waals surface area contributed by atoms with Gasteiger partial charge < -0.3 is 19.7 Å². The molecule has 0 spiro atoms. The van der Waals surface area contributed by atoms with Gasteiger partial charge in [0.05, 0.1) is 11.4 Å². The van der Waals surface area contributed by atoms with E-state index in [9.17, 15) is 18.0 Å². The minimum Gasteiger partial charge on any atom is -0.454 e. The minimum absolute atomic E-state index is 0.0517. The van der Waals surface area contributed by atoms with Gasteiger partial charge in [0.1, 0.15) is 12.6 Å². The van der Waals surface area contributed by atoms with E-state index < -0.39 is 28.5 Å². The number of benzene rings is 2. The monoisotopic (exact) mass is 543 g/mol. The number of anilines is 1. The van der Waals surface area contributed by atoms with Crippen LogP contribution in [0.4, 0.5) is 5.69 Å². The number of ether oxygens (including phenoxy) is 2. The Bertz CT molecular complexity index is 1260. The van der Waals surface area contributed by atoms with Gasteiger partial charge in [-0.15, -0.1) is 0 Å². The molecule has 0 saturated heterocycles. The van der Waals surface area contributed by atoms with E-state index in [1.807, 2.05) is 31.2 Å². The van der Waals surface area contributed by atoms with E-state index in [2.05, 4.69) is 5.32 Å².